The second kappa shape index (κ2) is 4.18. The Morgan fingerprint density at radius 3 is 2.44 bits per heavy atom. The summed E-state index contributed by atoms with van der Waals surface area (Å²) in [5.74, 6) is 2.04. The largest absolute Gasteiger partial charge is 0.454 e. The van der Waals surface area contributed by atoms with Crippen LogP contribution < -0.4 is 10.5 Å². The summed E-state index contributed by atoms with van der Waals surface area (Å²) in [5, 5.41) is 0. The lowest BCUT2D eigenvalue weighted by molar-refractivity contribution is 0.473. The van der Waals surface area contributed by atoms with Crippen LogP contribution in [0.15, 0.2) is 30.6 Å². The fourth-order valence-electron chi connectivity index (χ4n) is 1.32. The second-order valence-electron chi connectivity index (χ2n) is 3.55. The van der Waals surface area contributed by atoms with Gasteiger partial charge in [0.25, 0.3) is 0 Å². The zero-order valence-electron chi connectivity index (χ0n) is 9.19. The number of aromatic nitrogens is 2. The highest BCUT2D eigenvalue weighted by Crippen LogP contribution is 2.25. The van der Waals surface area contributed by atoms with Crippen molar-refractivity contribution in [1.29, 1.82) is 0 Å². The van der Waals surface area contributed by atoms with Crippen LogP contribution in [0.5, 0.6) is 11.5 Å². The summed E-state index contributed by atoms with van der Waals surface area (Å²) in [6.45, 7) is 3.73. The van der Waals surface area contributed by atoms with Gasteiger partial charge in [-0.15, -0.1) is 0 Å². The van der Waals surface area contributed by atoms with Crippen molar-refractivity contribution < 1.29 is 4.74 Å². The van der Waals surface area contributed by atoms with Gasteiger partial charge in [0.15, 0.2) is 5.75 Å². The summed E-state index contributed by atoms with van der Waals surface area (Å²) in [4.78, 5) is 8.10. The van der Waals surface area contributed by atoms with E-state index in [4.69, 9.17) is 10.5 Å². The molecule has 1 N–H and O–H groups in total. The molecule has 2 aromatic rings. The minimum Gasteiger partial charge on any atom is -0.454 e. The average molecular weight is 214 g/mol. The van der Waals surface area contributed by atoms with E-state index in [0.29, 0.717) is 17.3 Å². The SMILES string of the molecule is Cc1ncc(Oc2ccc([NH])cc2C)cn1. The Balaban J connectivity index is 2.23. The van der Waals surface area contributed by atoms with Gasteiger partial charge in [-0.1, -0.05) is 0 Å². The fourth-order valence-corrected chi connectivity index (χ4v) is 1.32. The first-order chi connectivity index (χ1) is 7.65. The van der Waals surface area contributed by atoms with Gasteiger partial charge in [-0.2, -0.15) is 0 Å². The Kier molecular flexibility index (Phi) is 2.72. The predicted molar refractivity (Wildman–Crippen MR) is 60.8 cm³/mol. The molecule has 1 radical (unpaired) electrons. The maximum atomic E-state index is 7.46. The first-order valence-corrected chi connectivity index (χ1v) is 4.94. The van der Waals surface area contributed by atoms with Crippen LogP contribution in [0, 0.1) is 13.8 Å². The molecule has 16 heavy (non-hydrogen) atoms. The molecule has 1 heterocycles. The van der Waals surface area contributed by atoms with E-state index in [1.165, 1.54) is 0 Å². The van der Waals surface area contributed by atoms with E-state index in [1.807, 2.05) is 13.8 Å². The number of hydrogen-bond donors (Lipinski definition) is 0. The highest BCUT2D eigenvalue weighted by molar-refractivity contribution is 5.46. The van der Waals surface area contributed by atoms with Crippen molar-refractivity contribution in [2.24, 2.45) is 0 Å². The van der Waals surface area contributed by atoms with Crippen molar-refractivity contribution in [3.63, 3.8) is 0 Å². The first-order valence-electron chi connectivity index (χ1n) is 4.94. The van der Waals surface area contributed by atoms with Crippen molar-refractivity contribution in [1.82, 2.24) is 15.7 Å². The number of benzene rings is 1. The standard InChI is InChI=1S/C12H12N3O/c1-8-5-10(13)3-4-12(8)16-11-6-14-9(2)15-7-11/h3-7,13H,1-2H3. The Morgan fingerprint density at radius 1 is 1.12 bits per heavy atom. The van der Waals surface area contributed by atoms with Crippen LogP contribution in [-0.4, -0.2) is 9.97 Å². The molecule has 0 bridgehead atoms. The first kappa shape index (κ1) is 10.4. The average Bonchev–Trinajstić information content (AvgIpc) is 2.25. The summed E-state index contributed by atoms with van der Waals surface area (Å²) in [6, 6.07) is 5.22. The normalized spacial score (nSPS) is 10.1. The van der Waals surface area contributed by atoms with Crippen molar-refractivity contribution in [2.45, 2.75) is 13.8 Å². The van der Waals surface area contributed by atoms with Crippen LogP contribution >= 0.6 is 0 Å². The molecule has 0 saturated carbocycles. The van der Waals surface area contributed by atoms with Gasteiger partial charge >= 0.3 is 0 Å². The number of hydrogen-bond acceptors (Lipinski definition) is 3. The van der Waals surface area contributed by atoms with Crippen LogP contribution in [0.1, 0.15) is 11.4 Å². The third kappa shape index (κ3) is 2.28. The molecule has 0 atom stereocenters. The molecule has 0 fully saturated rings. The molecule has 0 spiro atoms. The van der Waals surface area contributed by atoms with Crippen molar-refractivity contribution in [2.75, 3.05) is 0 Å². The summed E-state index contributed by atoms with van der Waals surface area (Å²) >= 11 is 0. The van der Waals surface area contributed by atoms with Crippen LogP contribution in [0.3, 0.4) is 0 Å². The summed E-state index contributed by atoms with van der Waals surface area (Å²) < 4.78 is 5.61. The van der Waals surface area contributed by atoms with Gasteiger partial charge in [-0.3, -0.25) is 0 Å². The van der Waals surface area contributed by atoms with Crippen LogP contribution in [0.2, 0.25) is 0 Å². The van der Waals surface area contributed by atoms with E-state index in [9.17, 15) is 0 Å². The second-order valence-corrected chi connectivity index (χ2v) is 3.55. The molecule has 0 aliphatic carbocycles. The lowest BCUT2D eigenvalue weighted by Gasteiger charge is -2.08. The van der Waals surface area contributed by atoms with E-state index in [-0.39, 0.29) is 0 Å². The zero-order valence-corrected chi connectivity index (χ0v) is 9.19. The maximum absolute atomic E-state index is 7.46. The van der Waals surface area contributed by atoms with E-state index in [0.717, 1.165) is 11.3 Å². The highest BCUT2D eigenvalue weighted by Gasteiger charge is 2.02. The van der Waals surface area contributed by atoms with Gasteiger partial charge in [0.1, 0.15) is 11.6 Å². The molecule has 0 amide bonds. The lowest BCUT2D eigenvalue weighted by atomic mass is 10.2. The van der Waals surface area contributed by atoms with Gasteiger partial charge in [-0.25, -0.2) is 9.97 Å². The minimum atomic E-state index is 0.477. The fraction of sp³-hybridized carbons (Fsp3) is 0.167. The van der Waals surface area contributed by atoms with E-state index in [1.54, 1.807) is 30.6 Å². The Labute approximate surface area is 94.1 Å². The highest BCUT2D eigenvalue weighted by atomic mass is 16.5. The zero-order chi connectivity index (χ0) is 11.5. The maximum Gasteiger partial charge on any atom is 0.164 e. The van der Waals surface area contributed by atoms with E-state index >= 15 is 0 Å². The van der Waals surface area contributed by atoms with Crippen LogP contribution in [0.4, 0.5) is 5.69 Å². The third-order valence-corrected chi connectivity index (χ3v) is 2.16. The Hall–Kier alpha value is -2.10. The Morgan fingerprint density at radius 2 is 1.81 bits per heavy atom. The Bertz CT molecular complexity index is 494. The van der Waals surface area contributed by atoms with Gasteiger partial charge in [0.2, 0.25) is 0 Å². The molecule has 0 aliphatic heterocycles. The number of nitrogens with one attached hydrogen (secondary N) is 1. The third-order valence-electron chi connectivity index (χ3n) is 2.16. The number of aryl methyl sites for hydroxylation is 2. The summed E-state index contributed by atoms with van der Waals surface area (Å²) in [6.07, 6.45) is 3.27. The molecular weight excluding hydrogens is 202 g/mol. The van der Waals surface area contributed by atoms with E-state index < -0.39 is 0 Å². The monoisotopic (exact) mass is 214 g/mol. The smallest absolute Gasteiger partial charge is 0.164 e. The van der Waals surface area contributed by atoms with Crippen LogP contribution in [0.25, 0.3) is 0 Å². The lowest BCUT2D eigenvalue weighted by Crippen LogP contribution is -1.91. The van der Waals surface area contributed by atoms with Crippen molar-refractivity contribution in [3.8, 4) is 11.5 Å². The molecule has 81 valence electrons. The van der Waals surface area contributed by atoms with E-state index in [2.05, 4.69) is 9.97 Å². The van der Waals surface area contributed by atoms with Crippen molar-refractivity contribution >= 4 is 5.69 Å². The van der Waals surface area contributed by atoms with Crippen molar-refractivity contribution in [3.05, 3.63) is 42.0 Å². The quantitative estimate of drug-likeness (QED) is 0.772. The number of rotatable bonds is 2. The van der Waals surface area contributed by atoms with Gasteiger partial charge < -0.3 is 10.5 Å². The number of ether oxygens (including phenoxy) is 1. The predicted octanol–water partition coefficient (Wildman–Crippen LogP) is 2.80. The van der Waals surface area contributed by atoms with Gasteiger partial charge in [0, 0.05) is 0 Å². The van der Waals surface area contributed by atoms with Gasteiger partial charge in [0.05, 0.1) is 18.1 Å². The molecule has 1 aromatic heterocycles. The molecule has 4 heteroatoms. The summed E-state index contributed by atoms with van der Waals surface area (Å²) in [7, 11) is 0. The molecule has 4 nitrogen and oxygen atoms in total. The molecular formula is C12H12N3O. The molecule has 2 rings (SSSR count). The van der Waals surface area contributed by atoms with Crippen LogP contribution in [-0.2, 0) is 0 Å². The molecule has 0 unspecified atom stereocenters. The minimum absolute atomic E-state index is 0.477. The topological polar surface area (TPSA) is 58.8 Å². The van der Waals surface area contributed by atoms with Gasteiger partial charge in [-0.05, 0) is 37.6 Å². The number of nitrogens with zero attached hydrogens (tertiary/aromatic N) is 2. The molecule has 0 saturated heterocycles. The molecule has 0 aliphatic rings. The molecule has 1 aromatic carbocycles. The summed E-state index contributed by atoms with van der Waals surface area (Å²) in [5.41, 5.74) is 8.86.